The summed E-state index contributed by atoms with van der Waals surface area (Å²) in [5.74, 6) is -5.59. The van der Waals surface area contributed by atoms with Crippen LogP contribution in [0.5, 0.6) is 69.0 Å². The van der Waals surface area contributed by atoms with E-state index in [-0.39, 0.29) is 63.2 Å². The van der Waals surface area contributed by atoms with Gasteiger partial charge in [0, 0.05) is 64.1 Å². The van der Waals surface area contributed by atoms with Crippen molar-refractivity contribution in [3.63, 3.8) is 0 Å². The molecular weight excluding hydrogens is 1020 g/mol. The van der Waals surface area contributed by atoms with Crippen molar-refractivity contribution in [1.82, 2.24) is 0 Å². The molecule has 79 heavy (non-hydrogen) atoms. The summed E-state index contributed by atoms with van der Waals surface area (Å²) in [6, 6.07) is 38.2. The van der Waals surface area contributed by atoms with E-state index in [4.69, 9.17) is 18.9 Å². The van der Waals surface area contributed by atoms with Crippen LogP contribution in [-0.2, 0) is 4.74 Å². The van der Waals surface area contributed by atoms with Crippen LogP contribution in [0, 0.1) is 0 Å². The molecule has 3 heterocycles. The van der Waals surface area contributed by atoms with Gasteiger partial charge in [-0.25, -0.2) is 0 Å². The number of ether oxygens (including phenoxy) is 4. The summed E-state index contributed by atoms with van der Waals surface area (Å²) in [6.45, 7) is -0.709. The zero-order valence-corrected chi connectivity index (χ0v) is 41.5. The molecule has 3 aliphatic heterocycles. The first-order valence-electron chi connectivity index (χ1n) is 25.7. The molecule has 13 N–H and O–H groups in total. The van der Waals surface area contributed by atoms with Gasteiger partial charge in [-0.1, -0.05) is 54.6 Å². The first kappa shape index (κ1) is 49.7. The first-order valence-corrected chi connectivity index (χ1v) is 25.7. The Hall–Kier alpha value is -8.84. The zero-order chi connectivity index (χ0) is 54.9. The maximum absolute atomic E-state index is 12.8. The molecule has 0 bridgehead atoms. The monoisotopic (exact) mass is 1070 g/mol. The molecule has 8 aromatic rings. The molecule has 0 saturated carbocycles. The van der Waals surface area contributed by atoms with Gasteiger partial charge in [-0.2, -0.15) is 0 Å². The summed E-state index contributed by atoms with van der Waals surface area (Å²) in [6.07, 6.45) is -9.85. The standard InChI is InChI=1S/C62H52O17/c63-25-45-56(73)57(74)58(75)62(78-45)76-38-18-30(17-36(68)21-38)46-40-19-31(20-43(72)61(40)79-59(46)28-5-13-34(66)14-6-28)49-47(26-1-9-32(64)10-2-26)54-48(27-3-11-33(65)12-4-27)50-39(22-37(69)23-41(50)70)51-53-44(24-42(71)52(49)55(53)54)77-60(51)29-7-15-35(67)16-8-29/h1-24,45-49,51,54,56-60,62-75H,25H2. The van der Waals surface area contributed by atoms with E-state index in [9.17, 15) is 66.4 Å². The van der Waals surface area contributed by atoms with Crippen molar-refractivity contribution >= 4 is 0 Å². The zero-order valence-electron chi connectivity index (χ0n) is 41.5. The summed E-state index contributed by atoms with van der Waals surface area (Å²) in [5.41, 5.74) is 6.58. The molecule has 13 unspecified atom stereocenters. The highest BCUT2D eigenvalue weighted by atomic mass is 16.7. The van der Waals surface area contributed by atoms with E-state index in [1.165, 1.54) is 42.5 Å². The van der Waals surface area contributed by atoms with E-state index in [1.807, 2.05) is 6.07 Å². The molecule has 17 heteroatoms. The fourth-order valence-electron chi connectivity index (χ4n) is 13.3. The lowest BCUT2D eigenvalue weighted by Crippen LogP contribution is -2.60. The molecular formula is C62H52O17. The van der Waals surface area contributed by atoms with Gasteiger partial charge in [0.2, 0.25) is 6.29 Å². The molecule has 0 amide bonds. The van der Waals surface area contributed by atoms with Gasteiger partial charge in [0.25, 0.3) is 0 Å². The highest BCUT2D eigenvalue weighted by Gasteiger charge is 2.57. The van der Waals surface area contributed by atoms with Crippen molar-refractivity contribution in [2.75, 3.05) is 6.61 Å². The third kappa shape index (κ3) is 8.02. The number of aliphatic hydroxyl groups is 4. The van der Waals surface area contributed by atoms with Crippen LogP contribution >= 0.6 is 0 Å². The Morgan fingerprint density at radius 2 is 0.924 bits per heavy atom. The van der Waals surface area contributed by atoms with Crippen LogP contribution in [0.2, 0.25) is 0 Å². The lowest BCUT2D eigenvalue weighted by atomic mass is 9.68. The van der Waals surface area contributed by atoms with Crippen LogP contribution in [0.4, 0.5) is 0 Å². The summed E-state index contributed by atoms with van der Waals surface area (Å²) in [7, 11) is 0. The molecule has 17 nitrogen and oxygen atoms in total. The third-order valence-corrected chi connectivity index (χ3v) is 16.5. The average molecular weight is 1070 g/mol. The van der Waals surface area contributed by atoms with Crippen molar-refractivity contribution in [2.24, 2.45) is 0 Å². The molecule has 402 valence electrons. The molecule has 1 saturated heterocycles. The molecule has 0 spiro atoms. The van der Waals surface area contributed by atoms with Crippen molar-refractivity contribution in [3.8, 4) is 69.0 Å². The van der Waals surface area contributed by atoms with E-state index < -0.39 is 85.0 Å². The van der Waals surface area contributed by atoms with Crippen molar-refractivity contribution in [3.05, 3.63) is 212 Å². The Labute approximate surface area is 450 Å². The maximum Gasteiger partial charge on any atom is 0.229 e. The Kier molecular flexibility index (Phi) is 11.8. The highest BCUT2D eigenvalue weighted by Crippen LogP contribution is 2.71. The number of benzene rings is 8. The molecule has 0 radical (unpaired) electrons. The summed E-state index contributed by atoms with van der Waals surface area (Å²) in [5, 5.41) is 145. The summed E-state index contributed by atoms with van der Waals surface area (Å²) >= 11 is 0. The second-order valence-electron chi connectivity index (χ2n) is 21.0. The van der Waals surface area contributed by atoms with E-state index in [0.29, 0.717) is 72.5 Å². The molecule has 13 atom stereocenters. The Bertz CT molecular complexity index is 3680. The topological polar surface area (TPSA) is 300 Å². The van der Waals surface area contributed by atoms with Crippen LogP contribution < -0.4 is 14.2 Å². The smallest absolute Gasteiger partial charge is 0.229 e. The van der Waals surface area contributed by atoms with Gasteiger partial charge in [-0.15, -0.1) is 0 Å². The lowest BCUT2D eigenvalue weighted by Gasteiger charge is -2.39. The Balaban J connectivity index is 1.05. The van der Waals surface area contributed by atoms with Crippen LogP contribution in [-0.4, -0.2) is 104 Å². The molecule has 0 aromatic heterocycles. The number of rotatable bonds is 9. The fourth-order valence-corrected chi connectivity index (χ4v) is 13.3. The third-order valence-electron chi connectivity index (χ3n) is 16.5. The molecule has 5 aliphatic rings. The Morgan fingerprint density at radius 3 is 1.54 bits per heavy atom. The van der Waals surface area contributed by atoms with E-state index >= 15 is 0 Å². The average Bonchev–Trinajstić information content (AvgIpc) is 3.45. The Morgan fingerprint density at radius 1 is 0.380 bits per heavy atom. The number of phenolic OH excluding ortho intramolecular Hbond substituents is 9. The van der Waals surface area contributed by atoms with Gasteiger partial charge in [0.05, 0.1) is 18.4 Å². The molecule has 13 rings (SSSR count). The summed E-state index contributed by atoms with van der Waals surface area (Å²) < 4.78 is 25.3. The van der Waals surface area contributed by atoms with Gasteiger partial charge < -0.3 is 85.3 Å². The quantitative estimate of drug-likeness (QED) is 0.0653. The van der Waals surface area contributed by atoms with Crippen LogP contribution in [0.25, 0.3) is 0 Å². The second kappa shape index (κ2) is 18.7. The van der Waals surface area contributed by atoms with Gasteiger partial charge in [0.15, 0.2) is 11.5 Å². The van der Waals surface area contributed by atoms with Gasteiger partial charge in [-0.05, 0) is 117 Å². The highest BCUT2D eigenvalue weighted by molar-refractivity contribution is 5.73. The van der Waals surface area contributed by atoms with Crippen LogP contribution in [0.3, 0.4) is 0 Å². The van der Waals surface area contributed by atoms with Crippen molar-refractivity contribution in [2.45, 2.75) is 78.4 Å². The van der Waals surface area contributed by atoms with Crippen molar-refractivity contribution in [1.29, 1.82) is 0 Å². The van der Waals surface area contributed by atoms with Gasteiger partial charge in [0.1, 0.15) is 94.1 Å². The number of aromatic hydroxyl groups is 9. The van der Waals surface area contributed by atoms with Gasteiger partial charge >= 0.3 is 0 Å². The SMILES string of the molecule is OCC1OC(Oc2cc(O)cc(C3c4cc(C5c6c(O)cc7c8c6C(C(c6ccc(O)cc6)c6c(O)cc(O)cc6C8C(c6ccc(O)cc6)O7)C5c5ccc(O)cc5)cc(O)c4OC3c3ccc(O)cc3)c2)C(O)C(O)C1O. The van der Waals surface area contributed by atoms with E-state index in [0.717, 1.165) is 0 Å². The minimum Gasteiger partial charge on any atom is -0.508 e. The number of aliphatic hydroxyl groups excluding tert-OH is 4. The minimum absolute atomic E-state index is 0.0111. The van der Waals surface area contributed by atoms with Crippen LogP contribution in [0.1, 0.15) is 114 Å². The largest absolute Gasteiger partial charge is 0.508 e. The predicted octanol–water partition coefficient (Wildman–Crippen LogP) is 7.91. The lowest BCUT2D eigenvalue weighted by molar-refractivity contribution is -0.277. The van der Waals surface area contributed by atoms with E-state index in [2.05, 4.69) is 0 Å². The van der Waals surface area contributed by atoms with Crippen LogP contribution in [0.15, 0.2) is 146 Å². The minimum atomic E-state index is -1.78. The molecule has 2 aliphatic carbocycles. The number of fused-ring (bicyclic) bond motifs is 3. The normalized spacial score (nSPS) is 27.0. The molecule has 1 fully saturated rings. The maximum atomic E-state index is 12.8. The fraction of sp³-hybridized carbons (Fsp3) is 0.226. The van der Waals surface area contributed by atoms with E-state index in [1.54, 1.807) is 97.1 Å². The number of hydrogen-bond acceptors (Lipinski definition) is 17. The molecule has 8 aromatic carbocycles. The predicted molar refractivity (Wildman–Crippen MR) is 281 cm³/mol. The number of phenols is 9. The second-order valence-corrected chi connectivity index (χ2v) is 21.0. The first-order chi connectivity index (χ1) is 38.0. The van der Waals surface area contributed by atoms with Gasteiger partial charge in [-0.3, -0.25) is 0 Å². The van der Waals surface area contributed by atoms with Crippen molar-refractivity contribution < 1.29 is 85.3 Å². The number of hydrogen-bond donors (Lipinski definition) is 13. The summed E-state index contributed by atoms with van der Waals surface area (Å²) in [4.78, 5) is 0.